The van der Waals surface area contributed by atoms with Gasteiger partial charge < -0.3 is 15.2 Å². The zero-order chi connectivity index (χ0) is 13.5. The van der Waals surface area contributed by atoms with Crippen molar-refractivity contribution in [1.29, 1.82) is 0 Å². The Balaban J connectivity index is 2.50. The second-order valence-electron chi connectivity index (χ2n) is 4.75. The van der Waals surface area contributed by atoms with Crippen LogP contribution in [-0.2, 0) is 9.47 Å². The van der Waals surface area contributed by atoms with Crippen LogP contribution in [0.15, 0.2) is 24.3 Å². The van der Waals surface area contributed by atoms with Crippen LogP contribution in [-0.4, -0.2) is 25.4 Å². The lowest BCUT2D eigenvalue weighted by atomic mass is 10.0. The maximum atomic E-state index is 6.20. The molecule has 0 spiro atoms. The van der Waals surface area contributed by atoms with E-state index < -0.39 is 0 Å². The summed E-state index contributed by atoms with van der Waals surface area (Å²) in [6.45, 7) is 9.39. The van der Waals surface area contributed by atoms with Gasteiger partial charge in [-0.25, -0.2) is 0 Å². The van der Waals surface area contributed by atoms with Crippen molar-refractivity contribution in [3.05, 3.63) is 35.4 Å². The number of ether oxygens (including phenoxy) is 2. The molecule has 0 aromatic heterocycles. The third-order valence-electron chi connectivity index (χ3n) is 2.97. The van der Waals surface area contributed by atoms with Gasteiger partial charge in [-0.05, 0) is 33.3 Å². The lowest BCUT2D eigenvalue weighted by Crippen LogP contribution is -2.31. The molecule has 0 radical (unpaired) electrons. The van der Waals surface area contributed by atoms with Crippen LogP contribution >= 0.6 is 0 Å². The number of aryl methyl sites for hydroxylation is 1. The second-order valence-corrected chi connectivity index (χ2v) is 4.75. The lowest BCUT2D eigenvalue weighted by molar-refractivity contribution is -0.0481. The molecule has 3 nitrogen and oxygen atoms in total. The van der Waals surface area contributed by atoms with Crippen LogP contribution in [0.2, 0.25) is 0 Å². The number of nitrogens with two attached hydrogens (primary N) is 1. The van der Waals surface area contributed by atoms with E-state index in [9.17, 15) is 0 Å². The van der Waals surface area contributed by atoms with Crippen molar-refractivity contribution in [1.82, 2.24) is 0 Å². The number of benzene rings is 1. The van der Waals surface area contributed by atoms with Crippen molar-refractivity contribution in [2.75, 3.05) is 13.2 Å². The van der Waals surface area contributed by atoms with Gasteiger partial charge in [0.1, 0.15) is 0 Å². The Hall–Kier alpha value is -0.900. The van der Waals surface area contributed by atoms with Crippen molar-refractivity contribution < 1.29 is 9.47 Å². The molecule has 102 valence electrons. The number of rotatable bonds is 7. The largest absolute Gasteiger partial charge is 0.379 e. The topological polar surface area (TPSA) is 44.5 Å². The van der Waals surface area contributed by atoms with E-state index >= 15 is 0 Å². The highest BCUT2D eigenvalue weighted by Gasteiger charge is 2.17. The fourth-order valence-corrected chi connectivity index (χ4v) is 1.83. The molecule has 0 aliphatic rings. The summed E-state index contributed by atoms with van der Waals surface area (Å²) in [5.74, 6) is 0. The molecule has 0 heterocycles. The van der Waals surface area contributed by atoms with Crippen LogP contribution < -0.4 is 5.73 Å². The fraction of sp³-hybridized carbons (Fsp3) is 0.600. The first-order chi connectivity index (χ1) is 8.54. The van der Waals surface area contributed by atoms with E-state index in [0.717, 1.165) is 5.56 Å². The minimum atomic E-state index is -0.102. The Kier molecular flexibility index (Phi) is 6.33. The highest BCUT2D eigenvalue weighted by Crippen LogP contribution is 2.18. The molecule has 0 aliphatic heterocycles. The first kappa shape index (κ1) is 15.2. The maximum absolute atomic E-state index is 6.20. The number of hydrogen-bond donors (Lipinski definition) is 1. The summed E-state index contributed by atoms with van der Waals surface area (Å²) < 4.78 is 11.2. The maximum Gasteiger partial charge on any atom is 0.0785 e. The molecule has 3 heteroatoms. The summed E-state index contributed by atoms with van der Waals surface area (Å²) in [7, 11) is 0. The van der Waals surface area contributed by atoms with Crippen LogP contribution in [0.1, 0.15) is 37.9 Å². The van der Waals surface area contributed by atoms with Gasteiger partial charge in [-0.1, -0.05) is 29.8 Å². The van der Waals surface area contributed by atoms with Gasteiger partial charge in [-0.15, -0.1) is 0 Å². The summed E-state index contributed by atoms with van der Waals surface area (Å²) in [6.07, 6.45) is 0.0413. The van der Waals surface area contributed by atoms with Gasteiger partial charge in [-0.2, -0.15) is 0 Å². The minimum absolute atomic E-state index is 0.0248. The quantitative estimate of drug-likeness (QED) is 0.810. The van der Waals surface area contributed by atoms with E-state index in [4.69, 9.17) is 15.2 Å². The van der Waals surface area contributed by atoms with E-state index in [-0.39, 0.29) is 18.2 Å². The lowest BCUT2D eigenvalue weighted by Gasteiger charge is -2.24. The summed E-state index contributed by atoms with van der Waals surface area (Å²) in [6, 6.07) is 8.17. The van der Waals surface area contributed by atoms with E-state index in [1.54, 1.807) is 0 Å². The monoisotopic (exact) mass is 251 g/mol. The van der Waals surface area contributed by atoms with Gasteiger partial charge in [0, 0.05) is 6.61 Å². The molecule has 18 heavy (non-hydrogen) atoms. The molecule has 0 saturated heterocycles. The van der Waals surface area contributed by atoms with E-state index in [2.05, 4.69) is 31.2 Å². The summed E-state index contributed by atoms with van der Waals surface area (Å²) in [4.78, 5) is 0. The fourth-order valence-electron chi connectivity index (χ4n) is 1.83. The van der Waals surface area contributed by atoms with E-state index in [1.807, 2.05) is 20.8 Å². The van der Waals surface area contributed by atoms with Crippen LogP contribution in [0.3, 0.4) is 0 Å². The molecule has 0 aliphatic carbocycles. The molecule has 3 unspecified atom stereocenters. The zero-order valence-electron chi connectivity index (χ0n) is 11.8. The Morgan fingerprint density at radius 2 is 1.78 bits per heavy atom. The molecule has 1 rings (SSSR count). The van der Waals surface area contributed by atoms with Crippen molar-refractivity contribution >= 4 is 0 Å². The van der Waals surface area contributed by atoms with Crippen molar-refractivity contribution in [2.24, 2.45) is 5.73 Å². The molecule has 0 amide bonds. The first-order valence-corrected chi connectivity index (χ1v) is 6.60. The average molecular weight is 251 g/mol. The summed E-state index contributed by atoms with van der Waals surface area (Å²) in [5, 5.41) is 0. The van der Waals surface area contributed by atoms with Crippen LogP contribution in [0, 0.1) is 6.92 Å². The smallest absolute Gasteiger partial charge is 0.0785 e. The highest BCUT2D eigenvalue weighted by atomic mass is 16.5. The minimum Gasteiger partial charge on any atom is -0.379 e. The second kappa shape index (κ2) is 7.52. The standard InChI is InChI=1S/C15H25NO2/c1-5-17-10-12(3)18-13(4)15(16)14-8-6-11(2)7-9-14/h6-9,12-13,15H,5,10,16H2,1-4H3. The van der Waals surface area contributed by atoms with Crippen LogP contribution in [0.4, 0.5) is 0 Å². The molecular weight excluding hydrogens is 226 g/mol. The third kappa shape index (κ3) is 4.77. The van der Waals surface area contributed by atoms with Gasteiger partial charge in [0.2, 0.25) is 0 Å². The Morgan fingerprint density at radius 1 is 1.17 bits per heavy atom. The highest BCUT2D eigenvalue weighted by molar-refractivity contribution is 5.24. The molecule has 0 bridgehead atoms. The zero-order valence-corrected chi connectivity index (χ0v) is 11.8. The predicted molar refractivity (Wildman–Crippen MR) is 74.6 cm³/mol. The Bertz CT molecular complexity index is 337. The van der Waals surface area contributed by atoms with Gasteiger partial charge in [0.25, 0.3) is 0 Å². The molecule has 1 aromatic carbocycles. The SMILES string of the molecule is CCOCC(C)OC(C)C(N)c1ccc(C)cc1. The first-order valence-electron chi connectivity index (χ1n) is 6.60. The van der Waals surface area contributed by atoms with Gasteiger partial charge in [0.15, 0.2) is 0 Å². The molecule has 0 fully saturated rings. The Labute approximate surface area is 110 Å². The van der Waals surface area contributed by atoms with Gasteiger partial charge in [-0.3, -0.25) is 0 Å². The molecule has 2 N–H and O–H groups in total. The normalized spacial score (nSPS) is 16.3. The van der Waals surface area contributed by atoms with Crippen LogP contribution in [0.25, 0.3) is 0 Å². The van der Waals surface area contributed by atoms with Gasteiger partial charge in [0.05, 0.1) is 24.9 Å². The summed E-state index contributed by atoms with van der Waals surface area (Å²) >= 11 is 0. The van der Waals surface area contributed by atoms with Crippen molar-refractivity contribution in [3.8, 4) is 0 Å². The number of hydrogen-bond acceptors (Lipinski definition) is 3. The molecular formula is C15H25NO2. The average Bonchev–Trinajstić information content (AvgIpc) is 2.36. The van der Waals surface area contributed by atoms with E-state index in [1.165, 1.54) is 5.56 Å². The van der Waals surface area contributed by atoms with Crippen molar-refractivity contribution in [2.45, 2.75) is 45.9 Å². The molecule has 0 saturated carbocycles. The predicted octanol–water partition coefficient (Wildman–Crippen LogP) is 2.82. The van der Waals surface area contributed by atoms with Crippen LogP contribution in [0.5, 0.6) is 0 Å². The Morgan fingerprint density at radius 3 is 2.33 bits per heavy atom. The van der Waals surface area contributed by atoms with E-state index in [0.29, 0.717) is 13.2 Å². The third-order valence-corrected chi connectivity index (χ3v) is 2.97. The summed E-state index contributed by atoms with van der Waals surface area (Å²) in [5.41, 5.74) is 8.55. The van der Waals surface area contributed by atoms with Crippen molar-refractivity contribution in [3.63, 3.8) is 0 Å². The van der Waals surface area contributed by atoms with Gasteiger partial charge >= 0.3 is 0 Å². The molecule has 3 atom stereocenters. The molecule has 1 aromatic rings.